The molecular formula is C11H18N4O. The molecule has 5 nitrogen and oxygen atoms in total. The Bertz CT molecular complexity index is 299. The number of nitrogens with one attached hydrogen (secondary N) is 2. The Labute approximate surface area is 95.8 Å². The van der Waals surface area contributed by atoms with E-state index in [-0.39, 0.29) is 12.5 Å². The maximum absolute atomic E-state index is 11.3. The van der Waals surface area contributed by atoms with E-state index in [1.165, 1.54) is 19.4 Å². The van der Waals surface area contributed by atoms with Gasteiger partial charge in [-0.1, -0.05) is 0 Å². The highest BCUT2D eigenvalue weighted by Gasteiger charge is 2.36. The summed E-state index contributed by atoms with van der Waals surface area (Å²) in [6, 6.07) is 2.98. The molecule has 0 saturated carbocycles. The van der Waals surface area contributed by atoms with Crippen LogP contribution in [0.3, 0.4) is 0 Å². The van der Waals surface area contributed by atoms with E-state index in [9.17, 15) is 4.79 Å². The van der Waals surface area contributed by atoms with E-state index in [0.29, 0.717) is 18.6 Å². The zero-order chi connectivity index (χ0) is 11.4. The lowest BCUT2D eigenvalue weighted by Gasteiger charge is -2.20. The molecule has 0 bridgehead atoms. The molecule has 2 unspecified atom stereocenters. The molecule has 0 aromatic rings. The number of hydrogen-bond donors (Lipinski definition) is 2. The summed E-state index contributed by atoms with van der Waals surface area (Å²) in [5.74, 6) is -0.0852. The van der Waals surface area contributed by atoms with Crippen LogP contribution in [0, 0.1) is 11.3 Å². The fraction of sp³-hybridized carbons (Fsp3) is 0.818. The Morgan fingerprint density at radius 2 is 2.31 bits per heavy atom. The first-order valence-electron chi connectivity index (χ1n) is 5.92. The molecule has 2 heterocycles. The van der Waals surface area contributed by atoms with Crippen LogP contribution in [-0.4, -0.2) is 49.1 Å². The Kier molecular flexibility index (Phi) is 3.75. The van der Waals surface area contributed by atoms with Crippen LogP contribution in [0.25, 0.3) is 0 Å². The van der Waals surface area contributed by atoms with Gasteiger partial charge in [-0.15, -0.1) is 0 Å². The Hall–Kier alpha value is -1.12. The lowest BCUT2D eigenvalue weighted by Crippen LogP contribution is -2.44. The van der Waals surface area contributed by atoms with Crippen LogP contribution in [0.15, 0.2) is 0 Å². The van der Waals surface area contributed by atoms with E-state index in [1.54, 1.807) is 0 Å². The van der Waals surface area contributed by atoms with E-state index in [1.807, 2.05) is 6.07 Å². The smallest absolute Gasteiger partial charge is 0.234 e. The van der Waals surface area contributed by atoms with Gasteiger partial charge < -0.3 is 10.6 Å². The van der Waals surface area contributed by atoms with Crippen molar-refractivity contribution in [2.75, 3.05) is 26.2 Å². The molecule has 16 heavy (non-hydrogen) atoms. The molecule has 2 atom stereocenters. The van der Waals surface area contributed by atoms with E-state index < -0.39 is 0 Å². The molecule has 2 saturated heterocycles. The molecule has 0 aromatic carbocycles. The number of carbonyl (C=O) groups excluding carboxylic acids is 1. The number of fused-ring (bicyclic) bond motifs is 1. The molecule has 88 valence electrons. The van der Waals surface area contributed by atoms with Crippen molar-refractivity contribution < 1.29 is 4.79 Å². The maximum Gasteiger partial charge on any atom is 0.234 e. The standard InChI is InChI=1S/C11H18N4O/c12-4-5-13-11(16)8-14-9-3-7-15-6-1-2-10(9)15/h9-10,14H,1-3,5-8H2,(H,13,16). The maximum atomic E-state index is 11.3. The largest absolute Gasteiger partial charge is 0.342 e. The highest BCUT2D eigenvalue weighted by Crippen LogP contribution is 2.27. The van der Waals surface area contributed by atoms with Crippen LogP contribution in [0.4, 0.5) is 0 Å². The van der Waals surface area contributed by atoms with Crippen molar-refractivity contribution in [2.24, 2.45) is 0 Å². The van der Waals surface area contributed by atoms with Crippen LogP contribution < -0.4 is 10.6 Å². The summed E-state index contributed by atoms with van der Waals surface area (Å²) in [6.07, 6.45) is 3.66. The average Bonchev–Trinajstić information content (AvgIpc) is 2.86. The van der Waals surface area contributed by atoms with E-state index in [0.717, 1.165) is 13.0 Å². The number of amides is 1. The Morgan fingerprint density at radius 3 is 3.12 bits per heavy atom. The second-order valence-corrected chi connectivity index (χ2v) is 4.46. The van der Waals surface area contributed by atoms with Crippen LogP contribution in [0.2, 0.25) is 0 Å². The van der Waals surface area contributed by atoms with Crippen LogP contribution in [0.1, 0.15) is 19.3 Å². The van der Waals surface area contributed by atoms with Crippen molar-refractivity contribution in [3.63, 3.8) is 0 Å². The lowest BCUT2D eigenvalue weighted by molar-refractivity contribution is -0.120. The van der Waals surface area contributed by atoms with Crippen LogP contribution >= 0.6 is 0 Å². The van der Waals surface area contributed by atoms with Gasteiger partial charge in [0.05, 0.1) is 12.6 Å². The molecule has 1 amide bonds. The predicted molar refractivity (Wildman–Crippen MR) is 59.6 cm³/mol. The molecule has 2 rings (SSSR count). The first-order chi connectivity index (χ1) is 7.81. The third-order valence-electron chi connectivity index (χ3n) is 3.50. The van der Waals surface area contributed by atoms with E-state index in [2.05, 4.69) is 15.5 Å². The Balaban J connectivity index is 1.70. The van der Waals surface area contributed by atoms with Crippen molar-refractivity contribution >= 4 is 5.91 Å². The molecule has 0 radical (unpaired) electrons. The fourth-order valence-electron chi connectivity index (χ4n) is 2.75. The normalized spacial score (nSPS) is 28.7. The summed E-state index contributed by atoms with van der Waals surface area (Å²) >= 11 is 0. The topological polar surface area (TPSA) is 68.2 Å². The molecule has 2 N–H and O–H groups in total. The number of nitriles is 1. The van der Waals surface area contributed by atoms with E-state index >= 15 is 0 Å². The van der Waals surface area contributed by atoms with Crippen molar-refractivity contribution in [1.82, 2.24) is 15.5 Å². The van der Waals surface area contributed by atoms with Gasteiger partial charge in [0.2, 0.25) is 5.91 Å². The van der Waals surface area contributed by atoms with Crippen molar-refractivity contribution in [1.29, 1.82) is 5.26 Å². The van der Waals surface area contributed by atoms with Crippen molar-refractivity contribution in [3.05, 3.63) is 0 Å². The zero-order valence-electron chi connectivity index (χ0n) is 9.41. The quantitative estimate of drug-likeness (QED) is 0.626. The second kappa shape index (κ2) is 5.28. The third kappa shape index (κ3) is 2.52. The summed E-state index contributed by atoms with van der Waals surface area (Å²) in [5, 5.41) is 14.2. The van der Waals surface area contributed by atoms with Gasteiger partial charge >= 0.3 is 0 Å². The first kappa shape index (κ1) is 11.4. The van der Waals surface area contributed by atoms with Gasteiger partial charge in [-0.2, -0.15) is 5.26 Å². The average molecular weight is 222 g/mol. The predicted octanol–water partition coefficient (Wildman–Crippen LogP) is -0.548. The molecule has 2 aliphatic heterocycles. The molecule has 0 spiro atoms. The first-order valence-corrected chi connectivity index (χ1v) is 5.92. The molecular weight excluding hydrogens is 204 g/mol. The lowest BCUT2D eigenvalue weighted by atomic mass is 10.1. The molecule has 2 fully saturated rings. The SMILES string of the molecule is N#CCNC(=O)CNC1CCN2CCCC12. The van der Waals surface area contributed by atoms with Crippen LogP contribution in [0.5, 0.6) is 0 Å². The molecule has 0 aliphatic carbocycles. The molecule has 2 aliphatic rings. The third-order valence-corrected chi connectivity index (χ3v) is 3.50. The number of hydrogen-bond acceptors (Lipinski definition) is 4. The Morgan fingerprint density at radius 1 is 1.44 bits per heavy atom. The van der Waals surface area contributed by atoms with Gasteiger partial charge in [-0.25, -0.2) is 0 Å². The molecule has 0 aromatic heterocycles. The molecule has 5 heteroatoms. The minimum atomic E-state index is -0.0852. The van der Waals surface area contributed by atoms with Gasteiger partial charge in [0.15, 0.2) is 0 Å². The van der Waals surface area contributed by atoms with Gasteiger partial charge in [0.25, 0.3) is 0 Å². The zero-order valence-corrected chi connectivity index (χ0v) is 9.41. The van der Waals surface area contributed by atoms with Crippen molar-refractivity contribution in [2.45, 2.75) is 31.3 Å². The van der Waals surface area contributed by atoms with Gasteiger partial charge in [-0.3, -0.25) is 9.69 Å². The summed E-state index contributed by atoms with van der Waals surface area (Å²) < 4.78 is 0. The number of nitrogens with zero attached hydrogens (tertiary/aromatic N) is 2. The number of rotatable bonds is 4. The van der Waals surface area contributed by atoms with Gasteiger partial charge in [-0.05, 0) is 25.8 Å². The second-order valence-electron chi connectivity index (χ2n) is 4.46. The summed E-state index contributed by atoms with van der Waals surface area (Å²) in [5.41, 5.74) is 0. The van der Waals surface area contributed by atoms with Crippen LogP contribution in [-0.2, 0) is 4.79 Å². The highest BCUT2D eigenvalue weighted by atomic mass is 16.1. The summed E-state index contributed by atoms with van der Waals surface area (Å²) in [4.78, 5) is 13.8. The highest BCUT2D eigenvalue weighted by molar-refractivity contribution is 5.78. The van der Waals surface area contributed by atoms with Gasteiger partial charge in [0.1, 0.15) is 6.54 Å². The summed E-state index contributed by atoms with van der Waals surface area (Å²) in [7, 11) is 0. The monoisotopic (exact) mass is 222 g/mol. The fourth-order valence-corrected chi connectivity index (χ4v) is 2.75. The summed E-state index contributed by atoms with van der Waals surface area (Å²) in [6.45, 7) is 2.79. The minimum absolute atomic E-state index is 0.0852. The van der Waals surface area contributed by atoms with Crippen molar-refractivity contribution in [3.8, 4) is 6.07 Å². The number of carbonyl (C=O) groups is 1. The van der Waals surface area contributed by atoms with E-state index in [4.69, 9.17) is 5.26 Å². The minimum Gasteiger partial charge on any atom is -0.342 e. The van der Waals surface area contributed by atoms with Gasteiger partial charge in [0, 0.05) is 18.6 Å².